The summed E-state index contributed by atoms with van der Waals surface area (Å²) in [5.74, 6) is 0.941. The van der Waals surface area contributed by atoms with E-state index in [0.717, 1.165) is 18.7 Å². The van der Waals surface area contributed by atoms with Gasteiger partial charge < -0.3 is 10.5 Å². The molecule has 1 fully saturated rings. The quantitative estimate of drug-likeness (QED) is 0.920. The average Bonchev–Trinajstić information content (AvgIpc) is 2.38. The second-order valence-electron chi connectivity index (χ2n) is 6.62. The molecule has 3 heteroatoms. The van der Waals surface area contributed by atoms with Crippen molar-refractivity contribution in [1.82, 2.24) is 4.90 Å². The van der Waals surface area contributed by atoms with E-state index in [2.05, 4.69) is 43.9 Å². The van der Waals surface area contributed by atoms with E-state index >= 15 is 0 Å². The molecule has 1 aliphatic rings. The van der Waals surface area contributed by atoms with Crippen molar-refractivity contribution < 1.29 is 4.74 Å². The molecule has 1 aromatic rings. The number of benzene rings is 1. The summed E-state index contributed by atoms with van der Waals surface area (Å²) in [5.41, 5.74) is 7.84. The number of hydrogen-bond donors (Lipinski definition) is 1. The molecule has 20 heavy (non-hydrogen) atoms. The molecule has 2 atom stereocenters. The van der Waals surface area contributed by atoms with Gasteiger partial charge in [0.05, 0.1) is 12.6 Å². The molecule has 2 N–H and O–H groups in total. The molecule has 112 valence electrons. The number of ether oxygens (including phenoxy) is 1. The van der Waals surface area contributed by atoms with E-state index in [9.17, 15) is 0 Å². The normalized spacial score (nSPS) is 24.6. The van der Waals surface area contributed by atoms with Gasteiger partial charge in [0.1, 0.15) is 5.75 Å². The van der Waals surface area contributed by atoms with E-state index in [1.165, 1.54) is 12.0 Å². The first-order chi connectivity index (χ1) is 9.43. The predicted molar refractivity (Wildman–Crippen MR) is 84.0 cm³/mol. The Morgan fingerprint density at radius 3 is 2.75 bits per heavy atom. The minimum atomic E-state index is 0.129. The maximum atomic E-state index is 6.44. The zero-order valence-corrected chi connectivity index (χ0v) is 13.2. The van der Waals surface area contributed by atoms with Crippen LogP contribution in [0.5, 0.6) is 5.75 Å². The Bertz CT molecular complexity index is 439. The van der Waals surface area contributed by atoms with Crippen molar-refractivity contribution in [3.05, 3.63) is 29.8 Å². The van der Waals surface area contributed by atoms with Crippen LogP contribution in [0, 0.1) is 0 Å². The van der Waals surface area contributed by atoms with Crippen molar-refractivity contribution in [1.29, 1.82) is 0 Å². The fourth-order valence-corrected chi connectivity index (χ4v) is 3.16. The molecule has 1 aliphatic heterocycles. The van der Waals surface area contributed by atoms with Crippen molar-refractivity contribution in [2.75, 3.05) is 13.2 Å². The molecular formula is C17H28N2O. The monoisotopic (exact) mass is 276 g/mol. The number of piperidine rings is 1. The van der Waals surface area contributed by atoms with Gasteiger partial charge in [-0.25, -0.2) is 0 Å². The number of hydrogen-bond acceptors (Lipinski definition) is 3. The smallest absolute Gasteiger partial charge is 0.119 e. The Morgan fingerprint density at radius 1 is 1.35 bits per heavy atom. The van der Waals surface area contributed by atoms with Crippen LogP contribution >= 0.6 is 0 Å². The Hall–Kier alpha value is -1.06. The fourth-order valence-electron chi connectivity index (χ4n) is 3.16. The van der Waals surface area contributed by atoms with E-state index in [-0.39, 0.29) is 17.6 Å². The first kappa shape index (κ1) is 15.3. The van der Waals surface area contributed by atoms with Crippen molar-refractivity contribution in [3.63, 3.8) is 0 Å². The van der Waals surface area contributed by atoms with E-state index in [1.54, 1.807) is 0 Å². The number of rotatable bonds is 3. The highest BCUT2D eigenvalue weighted by Crippen LogP contribution is 2.36. The highest BCUT2D eigenvalue weighted by molar-refractivity contribution is 5.32. The Morgan fingerprint density at radius 2 is 2.10 bits per heavy atom. The minimum absolute atomic E-state index is 0.129. The molecule has 1 heterocycles. The summed E-state index contributed by atoms with van der Waals surface area (Å²) in [7, 11) is 0. The lowest BCUT2D eigenvalue weighted by molar-refractivity contribution is 0.0383. The lowest BCUT2D eigenvalue weighted by Gasteiger charge is -2.47. The van der Waals surface area contributed by atoms with Crippen LogP contribution in [0.15, 0.2) is 24.3 Å². The third kappa shape index (κ3) is 3.33. The Labute approximate surface area is 123 Å². The number of nitrogens with zero attached hydrogens (tertiary/aromatic N) is 1. The van der Waals surface area contributed by atoms with Gasteiger partial charge in [-0.05, 0) is 64.8 Å². The third-order valence-corrected chi connectivity index (χ3v) is 4.05. The molecule has 0 aromatic heterocycles. The van der Waals surface area contributed by atoms with Gasteiger partial charge >= 0.3 is 0 Å². The van der Waals surface area contributed by atoms with Crippen molar-refractivity contribution in [2.45, 2.75) is 58.2 Å². The van der Waals surface area contributed by atoms with Gasteiger partial charge in [-0.2, -0.15) is 0 Å². The van der Waals surface area contributed by atoms with Crippen LogP contribution in [0.2, 0.25) is 0 Å². The van der Waals surface area contributed by atoms with Crippen molar-refractivity contribution in [2.24, 2.45) is 5.73 Å². The molecular weight excluding hydrogens is 248 g/mol. The van der Waals surface area contributed by atoms with Crippen molar-refractivity contribution in [3.8, 4) is 5.75 Å². The van der Waals surface area contributed by atoms with Gasteiger partial charge in [0, 0.05) is 11.6 Å². The van der Waals surface area contributed by atoms with Gasteiger partial charge in [0.25, 0.3) is 0 Å². The highest BCUT2D eigenvalue weighted by atomic mass is 16.5. The van der Waals surface area contributed by atoms with E-state index in [1.807, 2.05) is 13.0 Å². The van der Waals surface area contributed by atoms with Crippen LogP contribution in [0.25, 0.3) is 0 Å². The summed E-state index contributed by atoms with van der Waals surface area (Å²) in [6, 6.07) is 8.89. The van der Waals surface area contributed by atoms with Crippen LogP contribution in [0.3, 0.4) is 0 Å². The molecule has 3 nitrogen and oxygen atoms in total. The summed E-state index contributed by atoms with van der Waals surface area (Å²) in [6.45, 7) is 10.6. The first-order valence-corrected chi connectivity index (χ1v) is 7.68. The zero-order chi connectivity index (χ0) is 14.8. The lowest BCUT2D eigenvalue weighted by Crippen LogP contribution is -2.53. The van der Waals surface area contributed by atoms with Crippen LogP contribution in [-0.4, -0.2) is 29.6 Å². The fraction of sp³-hybridized carbons (Fsp3) is 0.647. The molecule has 0 bridgehead atoms. The van der Waals surface area contributed by atoms with Crippen LogP contribution in [0.4, 0.5) is 0 Å². The third-order valence-electron chi connectivity index (χ3n) is 4.05. The Kier molecular flexibility index (Phi) is 4.71. The van der Waals surface area contributed by atoms with Gasteiger partial charge in [-0.1, -0.05) is 12.1 Å². The van der Waals surface area contributed by atoms with Gasteiger partial charge in [0.15, 0.2) is 0 Å². The standard InChI is InChI=1S/C17H28N2O/c1-5-20-14-9-6-8-13(12-14)16-15(18)10-7-11-19(16)17(2,3)4/h6,8-9,12,15-16H,5,7,10-11,18H2,1-4H3. The van der Waals surface area contributed by atoms with E-state index in [4.69, 9.17) is 10.5 Å². The van der Waals surface area contributed by atoms with Crippen LogP contribution in [0.1, 0.15) is 52.1 Å². The van der Waals surface area contributed by atoms with Gasteiger partial charge in [0.2, 0.25) is 0 Å². The SMILES string of the molecule is CCOc1cccc(C2C(N)CCCN2C(C)(C)C)c1. The lowest BCUT2D eigenvalue weighted by atomic mass is 9.87. The Balaban J connectivity index is 2.32. The van der Waals surface area contributed by atoms with Crippen molar-refractivity contribution >= 4 is 0 Å². The average molecular weight is 276 g/mol. The van der Waals surface area contributed by atoms with Gasteiger partial charge in [-0.3, -0.25) is 4.90 Å². The summed E-state index contributed by atoms with van der Waals surface area (Å²) < 4.78 is 5.63. The zero-order valence-electron chi connectivity index (χ0n) is 13.2. The summed E-state index contributed by atoms with van der Waals surface area (Å²) in [5, 5.41) is 0. The van der Waals surface area contributed by atoms with Crippen LogP contribution < -0.4 is 10.5 Å². The molecule has 0 saturated carbocycles. The second kappa shape index (κ2) is 6.15. The largest absolute Gasteiger partial charge is 0.494 e. The number of likely N-dealkylation sites (tertiary alicyclic amines) is 1. The molecule has 1 aromatic carbocycles. The molecule has 0 amide bonds. The number of nitrogens with two attached hydrogens (primary N) is 1. The summed E-state index contributed by atoms with van der Waals surface area (Å²) >= 11 is 0. The molecule has 0 radical (unpaired) electrons. The van der Waals surface area contributed by atoms with E-state index in [0.29, 0.717) is 6.61 Å². The molecule has 2 unspecified atom stereocenters. The summed E-state index contributed by atoms with van der Waals surface area (Å²) in [4.78, 5) is 2.53. The van der Waals surface area contributed by atoms with Gasteiger partial charge in [-0.15, -0.1) is 0 Å². The van der Waals surface area contributed by atoms with Crippen LogP contribution in [-0.2, 0) is 0 Å². The van der Waals surface area contributed by atoms with E-state index < -0.39 is 0 Å². The topological polar surface area (TPSA) is 38.5 Å². The molecule has 2 rings (SSSR count). The maximum absolute atomic E-state index is 6.44. The molecule has 1 saturated heterocycles. The molecule has 0 spiro atoms. The molecule has 0 aliphatic carbocycles. The summed E-state index contributed by atoms with van der Waals surface area (Å²) in [6.07, 6.45) is 2.27. The minimum Gasteiger partial charge on any atom is -0.494 e. The second-order valence-corrected chi connectivity index (χ2v) is 6.62. The highest BCUT2D eigenvalue weighted by Gasteiger charge is 2.36. The predicted octanol–water partition coefficient (Wildman–Crippen LogP) is 3.35. The first-order valence-electron chi connectivity index (χ1n) is 7.68. The maximum Gasteiger partial charge on any atom is 0.119 e.